The van der Waals surface area contributed by atoms with E-state index in [0.29, 0.717) is 49.9 Å². The first-order valence-electron chi connectivity index (χ1n) is 13.0. The van der Waals surface area contributed by atoms with Crippen LogP contribution in [-0.2, 0) is 16.0 Å². The second kappa shape index (κ2) is 12.5. The van der Waals surface area contributed by atoms with Gasteiger partial charge in [-0.05, 0) is 36.1 Å². The molecule has 2 aromatic rings. The zero-order chi connectivity index (χ0) is 28.0. The van der Waals surface area contributed by atoms with Crippen LogP contribution in [0.25, 0.3) is 0 Å². The summed E-state index contributed by atoms with van der Waals surface area (Å²) in [6, 6.07) is 4.96. The van der Waals surface area contributed by atoms with Gasteiger partial charge in [-0.15, -0.1) is 0 Å². The van der Waals surface area contributed by atoms with Crippen molar-refractivity contribution in [1.82, 2.24) is 30.0 Å². The van der Waals surface area contributed by atoms with Gasteiger partial charge in [-0.2, -0.15) is 0 Å². The predicted molar refractivity (Wildman–Crippen MR) is 149 cm³/mol. The van der Waals surface area contributed by atoms with Gasteiger partial charge in [0.1, 0.15) is 12.4 Å². The molecule has 1 aromatic heterocycles. The van der Waals surface area contributed by atoms with Gasteiger partial charge in [0.25, 0.3) is 0 Å². The highest BCUT2D eigenvalue weighted by atomic mass is 35.5. The molecule has 0 aliphatic carbocycles. The summed E-state index contributed by atoms with van der Waals surface area (Å²) in [7, 11) is 3.18. The number of nitrogens with zero attached hydrogens (tertiary/aromatic N) is 5. The quantitative estimate of drug-likeness (QED) is 0.358. The Morgan fingerprint density at radius 3 is 2.72 bits per heavy atom. The number of hydrogen-bond acceptors (Lipinski definition) is 8. The van der Waals surface area contributed by atoms with Gasteiger partial charge in [0.2, 0.25) is 22.9 Å². The minimum atomic E-state index is -1.21. The molecule has 0 bridgehead atoms. The van der Waals surface area contributed by atoms with Gasteiger partial charge in [-0.3, -0.25) is 19.1 Å². The zero-order valence-corrected chi connectivity index (χ0v) is 23.5. The Balaban J connectivity index is 1.48. The highest BCUT2D eigenvalue weighted by molar-refractivity contribution is 6.25. The number of imidazole rings is 1. The number of ether oxygens (including phenoxy) is 2. The van der Waals surface area contributed by atoms with Crippen molar-refractivity contribution in [2.24, 2.45) is 10.9 Å². The third-order valence-corrected chi connectivity index (χ3v) is 7.16. The molecule has 0 saturated carbocycles. The van der Waals surface area contributed by atoms with Crippen molar-refractivity contribution in [3.8, 4) is 11.5 Å². The summed E-state index contributed by atoms with van der Waals surface area (Å²) in [4.78, 5) is 39.0. The van der Waals surface area contributed by atoms with Gasteiger partial charge in [-0.1, -0.05) is 31.5 Å². The maximum Gasteiger partial charge on any atom is 0.244 e. The lowest BCUT2D eigenvalue weighted by Crippen LogP contribution is -2.64. The number of aliphatic imine (C=N–C) groups is 1. The first-order chi connectivity index (χ1) is 18.7. The molecule has 1 saturated heterocycles. The van der Waals surface area contributed by atoms with Crippen LogP contribution in [0.2, 0.25) is 0 Å². The van der Waals surface area contributed by atoms with Gasteiger partial charge >= 0.3 is 0 Å². The highest BCUT2D eigenvalue weighted by Crippen LogP contribution is 2.30. The number of benzene rings is 1. The van der Waals surface area contributed by atoms with Crippen LogP contribution in [0.5, 0.6) is 11.5 Å². The second-order valence-electron chi connectivity index (χ2n) is 9.90. The van der Waals surface area contributed by atoms with Crippen molar-refractivity contribution < 1.29 is 19.1 Å². The Morgan fingerprint density at radius 2 is 2.03 bits per heavy atom. The zero-order valence-electron chi connectivity index (χ0n) is 22.8. The molecule has 0 spiro atoms. The SMILES string of the molecule is COc1ccc(CCNC(=O)C2CN(C3(Cl)C=CNC(n4ccnc4)=N3)CCN2C(=O)CC(C)C)cc1OC. The summed E-state index contributed by atoms with van der Waals surface area (Å²) in [6.07, 6.45) is 9.47. The van der Waals surface area contributed by atoms with E-state index in [2.05, 4.69) is 15.6 Å². The lowest BCUT2D eigenvalue weighted by molar-refractivity contribution is -0.145. The van der Waals surface area contributed by atoms with Crippen LogP contribution in [0.4, 0.5) is 0 Å². The molecule has 1 aromatic carbocycles. The Kier molecular flexibility index (Phi) is 9.13. The molecule has 2 N–H and O–H groups in total. The molecule has 0 radical (unpaired) electrons. The molecular formula is C27H36ClN7O4. The Hall–Kier alpha value is -3.57. The van der Waals surface area contributed by atoms with Crippen molar-refractivity contribution in [3.63, 3.8) is 0 Å². The van der Waals surface area contributed by atoms with Gasteiger partial charge in [0.05, 0.1) is 14.2 Å². The number of rotatable bonds is 9. The fraction of sp³-hybridized carbons (Fsp3) is 0.481. The molecule has 3 heterocycles. The molecule has 2 unspecified atom stereocenters. The van der Waals surface area contributed by atoms with E-state index in [1.54, 1.807) is 54.7 Å². The number of carbonyl (C=O) groups is 2. The maximum atomic E-state index is 13.5. The van der Waals surface area contributed by atoms with E-state index in [-0.39, 0.29) is 24.3 Å². The van der Waals surface area contributed by atoms with Crippen molar-refractivity contribution >= 4 is 29.4 Å². The van der Waals surface area contributed by atoms with Crippen molar-refractivity contribution in [1.29, 1.82) is 0 Å². The summed E-state index contributed by atoms with van der Waals surface area (Å²) in [5, 5.41) is 4.88. The number of amides is 2. The fourth-order valence-electron chi connectivity index (χ4n) is 4.67. The largest absolute Gasteiger partial charge is 0.493 e. The van der Waals surface area contributed by atoms with Gasteiger partial charge < -0.3 is 25.0 Å². The number of alkyl halides is 1. The lowest BCUT2D eigenvalue weighted by atomic mass is 10.1. The lowest BCUT2D eigenvalue weighted by Gasteiger charge is -2.45. The van der Waals surface area contributed by atoms with Crippen LogP contribution in [-0.4, -0.2) is 88.7 Å². The molecule has 2 aliphatic heterocycles. The van der Waals surface area contributed by atoms with E-state index in [9.17, 15) is 9.59 Å². The van der Waals surface area contributed by atoms with E-state index in [1.165, 1.54) is 0 Å². The normalized spacial score (nSPS) is 21.3. The first-order valence-corrected chi connectivity index (χ1v) is 13.4. The molecular weight excluding hydrogens is 522 g/mol. The predicted octanol–water partition coefficient (Wildman–Crippen LogP) is 2.03. The number of nitrogens with one attached hydrogen (secondary N) is 2. The van der Waals surface area contributed by atoms with Crippen LogP contribution in [0.3, 0.4) is 0 Å². The van der Waals surface area contributed by atoms with Gasteiger partial charge in [0, 0.05) is 51.2 Å². The topological polar surface area (TPSA) is 113 Å². The first kappa shape index (κ1) is 28.4. The molecule has 2 atom stereocenters. The third kappa shape index (κ3) is 6.72. The number of methoxy groups -OCH3 is 2. The van der Waals surface area contributed by atoms with Gasteiger partial charge in [-0.25, -0.2) is 9.98 Å². The average Bonchev–Trinajstić information content (AvgIpc) is 3.47. The molecule has 1 fully saturated rings. The molecule has 210 valence electrons. The summed E-state index contributed by atoms with van der Waals surface area (Å²) < 4.78 is 12.4. The second-order valence-corrected chi connectivity index (χ2v) is 10.5. The Bertz CT molecular complexity index is 1220. The summed E-state index contributed by atoms with van der Waals surface area (Å²) in [5.41, 5.74) is 0.992. The minimum absolute atomic E-state index is 0.0447. The van der Waals surface area contributed by atoms with Crippen molar-refractivity contribution in [3.05, 3.63) is 54.8 Å². The monoisotopic (exact) mass is 557 g/mol. The highest BCUT2D eigenvalue weighted by Gasteiger charge is 2.43. The van der Waals surface area contributed by atoms with E-state index in [1.807, 2.05) is 36.9 Å². The third-order valence-electron chi connectivity index (χ3n) is 6.71. The van der Waals surface area contributed by atoms with Crippen LogP contribution < -0.4 is 20.1 Å². The van der Waals surface area contributed by atoms with E-state index in [4.69, 9.17) is 26.1 Å². The molecule has 12 heteroatoms. The number of carbonyl (C=O) groups excluding carboxylic acids is 2. The maximum absolute atomic E-state index is 13.5. The summed E-state index contributed by atoms with van der Waals surface area (Å²) in [6.45, 7) is 5.45. The van der Waals surface area contributed by atoms with Gasteiger partial charge in [0.15, 0.2) is 11.5 Å². The van der Waals surface area contributed by atoms with Crippen LogP contribution in [0.1, 0.15) is 25.8 Å². The van der Waals surface area contributed by atoms with Crippen LogP contribution in [0, 0.1) is 5.92 Å². The van der Waals surface area contributed by atoms with E-state index in [0.717, 1.165) is 5.56 Å². The average molecular weight is 558 g/mol. The number of piperazine rings is 1. The Morgan fingerprint density at radius 1 is 1.23 bits per heavy atom. The van der Waals surface area contributed by atoms with E-state index >= 15 is 0 Å². The number of halogens is 1. The molecule has 2 amide bonds. The summed E-state index contributed by atoms with van der Waals surface area (Å²) in [5.74, 6) is 1.70. The smallest absolute Gasteiger partial charge is 0.244 e. The molecule has 4 rings (SSSR count). The minimum Gasteiger partial charge on any atom is -0.493 e. The van der Waals surface area contributed by atoms with Crippen LogP contribution >= 0.6 is 11.6 Å². The van der Waals surface area contributed by atoms with E-state index < -0.39 is 11.2 Å². The molecule has 11 nitrogen and oxygen atoms in total. The number of hydrogen-bond donors (Lipinski definition) is 2. The molecule has 39 heavy (non-hydrogen) atoms. The molecule has 2 aliphatic rings. The fourth-order valence-corrected chi connectivity index (χ4v) is 4.97. The van der Waals surface area contributed by atoms with Crippen molar-refractivity contribution in [2.45, 2.75) is 37.9 Å². The van der Waals surface area contributed by atoms with Crippen LogP contribution in [0.15, 0.2) is 54.2 Å². The Labute approximate surface area is 233 Å². The standard InChI is InChI=1S/C27H36ClN7O4/c1-19(2)15-24(36)35-14-13-34(27(28)8-10-31-26(32-27)33-12-11-29-18-33)17-21(35)25(37)30-9-7-20-5-6-22(38-3)23(16-20)39-4/h5-6,8,10-12,16,18-19,21H,7,9,13-15,17H2,1-4H3,(H,30,37)(H,31,32). The number of aromatic nitrogens is 2. The van der Waals surface area contributed by atoms with Crippen molar-refractivity contribution in [2.75, 3.05) is 40.4 Å². The summed E-state index contributed by atoms with van der Waals surface area (Å²) >= 11 is 7.01.